The fraction of sp³-hybridized carbons (Fsp3) is 0.474. The predicted octanol–water partition coefficient (Wildman–Crippen LogP) is 3.08. The number of aromatic nitrogens is 4. The lowest BCUT2D eigenvalue weighted by Gasteiger charge is -2.36. The number of fused-ring (bicyclic) bond motifs is 1. The molecule has 0 radical (unpaired) electrons. The van der Waals surface area contributed by atoms with Gasteiger partial charge < -0.3 is 20.9 Å². The molecule has 2 amide bonds. The van der Waals surface area contributed by atoms with Crippen molar-refractivity contribution in [2.24, 2.45) is 0 Å². The lowest BCUT2D eigenvalue weighted by molar-refractivity contribution is -0.137. The Hall–Kier alpha value is -3.09. The molecule has 9 nitrogen and oxygen atoms in total. The maximum Gasteiger partial charge on any atom is 0.419 e. The number of alkyl halides is 3. The van der Waals surface area contributed by atoms with Crippen molar-refractivity contribution in [1.29, 1.82) is 0 Å². The highest BCUT2D eigenvalue weighted by Crippen LogP contribution is 2.35. The van der Waals surface area contributed by atoms with Gasteiger partial charge >= 0.3 is 12.2 Å². The molecule has 0 saturated carbocycles. The number of hydrogen-bond acceptors (Lipinski definition) is 7. The van der Waals surface area contributed by atoms with Gasteiger partial charge in [0, 0.05) is 44.5 Å². The van der Waals surface area contributed by atoms with E-state index in [-0.39, 0.29) is 17.6 Å². The molecule has 0 aromatic carbocycles. The molecule has 32 heavy (non-hydrogen) atoms. The van der Waals surface area contributed by atoms with Gasteiger partial charge in [0.15, 0.2) is 0 Å². The van der Waals surface area contributed by atoms with Crippen LogP contribution in [0.15, 0.2) is 18.5 Å². The maximum absolute atomic E-state index is 13.1. The van der Waals surface area contributed by atoms with Crippen LogP contribution in [-0.2, 0) is 6.18 Å². The Labute approximate surface area is 186 Å². The van der Waals surface area contributed by atoms with Crippen molar-refractivity contribution >= 4 is 33.3 Å². The largest absolute Gasteiger partial charge is 0.419 e. The number of piperidine rings is 1. The van der Waals surface area contributed by atoms with Crippen molar-refractivity contribution in [2.45, 2.75) is 32.0 Å². The number of hydrogen-bond donors (Lipinski definition) is 2. The van der Waals surface area contributed by atoms with Gasteiger partial charge in [0.1, 0.15) is 5.82 Å². The molecule has 1 saturated heterocycles. The molecular weight excluding hydrogens is 445 g/mol. The summed E-state index contributed by atoms with van der Waals surface area (Å²) in [4.78, 5) is 24.5. The van der Waals surface area contributed by atoms with Crippen LogP contribution in [0.1, 0.15) is 25.3 Å². The zero-order valence-corrected chi connectivity index (χ0v) is 18.4. The molecule has 1 aliphatic heterocycles. The van der Waals surface area contributed by atoms with Gasteiger partial charge in [0.2, 0.25) is 10.1 Å². The van der Waals surface area contributed by atoms with Crippen LogP contribution < -0.4 is 16.0 Å². The number of nitrogens with two attached hydrogens (primary N) is 1. The Bertz CT molecular complexity index is 1090. The first-order valence-electron chi connectivity index (χ1n) is 10.1. The first kappa shape index (κ1) is 22.1. The van der Waals surface area contributed by atoms with Crippen LogP contribution in [0.4, 0.5) is 28.9 Å². The Kier molecular flexibility index (Phi) is 5.84. The van der Waals surface area contributed by atoms with Crippen LogP contribution >= 0.6 is 11.3 Å². The van der Waals surface area contributed by atoms with Gasteiger partial charge in [-0.1, -0.05) is 11.3 Å². The highest BCUT2D eigenvalue weighted by atomic mass is 32.1. The van der Waals surface area contributed by atoms with E-state index in [2.05, 4.69) is 25.3 Å². The molecule has 13 heteroatoms. The summed E-state index contributed by atoms with van der Waals surface area (Å²) in [6.45, 7) is 3.82. The van der Waals surface area contributed by atoms with E-state index < -0.39 is 17.6 Å². The molecule has 0 aliphatic carbocycles. The van der Waals surface area contributed by atoms with E-state index in [1.54, 1.807) is 10.7 Å². The number of nitrogens with one attached hydrogen (secondary N) is 1. The van der Waals surface area contributed by atoms with Crippen molar-refractivity contribution < 1.29 is 18.0 Å². The number of imidazole rings is 1. The lowest BCUT2D eigenvalue weighted by atomic mass is 10.0. The topological polar surface area (TPSA) is 105 Å². The van der Waals surface area contributed by atoms with Gasteiger partial charge in [-0.05, 0) is 25.8 Å². The van der Waals surface area contributed by atoms with Crippen molar-refractivity contribution in [2.75, 3.05) is 37.3 Å². The molecule has 0 bridgehead atoms. The Morgan fingerprint density at radius 1 is 1.38 bits per heavy atom. The minimum absolute atomic E-state index is 0.0420. The number of urea groups is 1. The van der Waals surface area contributed by atoms with E-state index in [0.29, 0.717) is 30.3 Å². The monoisotopic (exact) mass is 468 g/mol. The van der Waals surface area contributed by atoms with E-state index in [4.69, 9.17) is 5.73 Å². The number of halogens is 3. The van der Waals surface area contributed by atoms with Crippen molar-refractivity contribution in [3.8, 4) is 11.3 Å². The molecular formula is C19H23F3N8OS. The van der Waals surface area contributed by atoms with E-state index in [1.165, 1.54) is 17.5 Å². The normalized spacial score (nSPS) is 15.3. The smallest absolute Gasteiger partial charge is 0.383 e. The second kappa shape index (κ2) is 8.45. The Morgan fingerprint density at radius 3 is 2.72 bits per heavy atom. The third-order valence-corrected chi connectivity index (χ3v) is 6.49. The molecule has 1 aliphatic rings. The molecule has 1 fully saturated rings. The van der Waals surface area contributed by atoms with Crippen molar-refractivity contribution in [3.05, 3.63) is 24.0 Å². The number of likely N-dealkylation sites (tertiary alicyclic amines) is 1. The SMILES string of the molecule is CCNC(=O)N1CCC(N(C)c2nn3cc(-c4cnc(N)c(C(F)(F)F)c4)nc3s2)CC1. The molecule has 0 atom stereocenters. The van der Waals surface area contributed by atoms with Crippen LogP contribution in [0.5, 0.6) is 0 Å². The van der Waals surface area contributed by atoms with Gasteiger partial charge in [-0.3, -0.25) is 0 Å². The number of rotatable bonds is 4. The molecule has 3 aromatic rings. The number of amides is 2. The quantitative estimate of drug-likeness (QED) is 0.610. The van der Waals surface area contributed by atoms with Crippen LogP contribution in [0.3, 0.4) is 0 Å². The fourth-order valence-electron chi connectivity index (χ4n) is 3.69. The highest BCUT2D eigenvalue weighted by molar-refractivity contribution is 7.20. The summed E-state index contributed by atoms with van der Waals surface area (Å²) in [5.41, 5.74) is 4.95. The number of pyridine rings is 1. The molecule has 0 spiro atoms. The van der Waals surface area contributed by atoms with E-state index in [0.717, 1.165) is 24.0 Å². The average Bonchev–Trinajstić information content (AvgIpc) is 3.32. The average molecular weight is 469 g/mol. The number of carbonyl (C=O) groups excluding carboxylic acids is 1. The van der Waals surface area contributed by atoms with Crippen LogP contribution in [0.25, 0.3) is 16.2 Å². The van der Waals surface area contributed by atoms with Gasteiger partial charge in [0.25, 0.3) is 0 Å². The van der Waals surface area contributed by atoms with E-state index in [1.807, 2.05) is 18.9 Å². The van der Waals surface area contributed by atoms with Crippen molar-refractivity contribution in [1.82, 2.24) is 29.8 Å². The minimum Gasteiger partial charge on any atom is -0.383 e. The Balaban J connectivity index is 1.48. The van der Waals surface area contributed by atoms with Gasteiger partial charge in [-0.15, -0.1) is 5.10 Å². The van der Waals surface area contributed by atoms with Crippen LogP contribution in [0, 0.1) is 0 Å². The van der Waals surface area contributed by atoms with E-state index in [9.17, 15) is 18.0 Å². The third-order valence-electron chi connectivity index (χ3n) is 5.48. The molecule has 4 heterocycles. The summed E-state index contributed by atoms with van der Waals surface area (Å²) in [6.07, 6.45) is -0.109. The number of anilines is 2. The summed E-state index contributed by atoms with van der Waals surface area (Å²) in [5.74, 6) is -0.567. The van der Waals surface area contributed by atoms with Gasteiger partial charge in [0.05, 0.1) is 17.5 Å². The molecule has 3 N–H and O–H groups in total. The molecule has 4 rings (SSSR count). The van der Waals surface area contributed by atoms with Crippen LogP contribution in [0.2, 0.25) is 0 Å². The lowest BCUT2D eigenvalue weighted by Crippen LogP contribution is -2.48. The maximum atomic E-state index is 13.1. The minimum atomic E-state index is -4.59. The molecule has 3 aromatic heterocycles. The zero-order valence-electron chi connectivity index (χ0n) is 17.6. The summed E-state index contributed by atoms with van der Waals surface area (Å²) in [7, 11) is 1.95. The summed E-state index contributed by atoms with van der Waals surface area (Å²) < 4.78 is 40.9. The standard InChI is InChI=1S/C19H23F3N8OS/c1-3-24-16(31)29-6-4-12(5-7-29)28(2)18-27-30-10-14(26-17(30)32-18)11-8-13(19(20,21)22)15(23)25-9-11/h8-10,12H,3-7H2,1-2H3,(H2,23,25)(H,24,31). The van der Waals surface area contributed by atoms with E-state index >= 15 is 0 Å². The third kappa shape index (κ3) is 4.29. The zero-order chi connectivity index (χ0) is 23.0. The van der Waals surface area contributed by atoms with Crippen LogP contribution in [-0.4, -0.2) is 63.2 Å². The fourth-order valence-corrected chi connectivity index (χ4v) is 4.61. The van der Waals surface area contributed by atoms with Gasteiger partial charge in [-0.25, -0.2) is 19.3 Å². The molecule has 0 unspecified atom stereocenters. The number of nitrogens with zero attached hydrogens (tertiary/aromatic N) is 6. The van der Waals surface area contributed by atoms with Gasteiger partial charge in [-0.2, -0.15) is 13.2 Å². The predicted molar refractivity (Wildman–Crippen MR) is 116 cm³/mol. The summed E-state index contributed by atoms with van der Waals surface area (Å²) in [6, 6.07) is 1.14. The first-order valence-corrected chi connectivity index (χ1v) is 10.9. The molecule has 172 valence electrons. The number of carbonyl (C=O) groups is 1. The highest BCUT2D eigenvalue weighted by Gasteiger charge is 2.34. The number of nitrogen functional groups attached to an aromatic ring is 1. The first-order chi connectivity index (χ1) is 15.2. The second-order valence-corrected chi connectivity index (χ2v) is 8.49. The van der Waals surface area contributed by atoms with Crippen molar-refractivity contribution in [3.63, 3.8) is 0 Å². The summed E-state index contributed by atoms with van der Waals surface area (Å²) >= 11 is 1.35. The second-order valence-electron chi connectivity index (χ2n) is 7.56. The summed E-state index contributed by atoms with van der Waals surface area (Å²) in [5, 5.41) is 8.11. The Morgan fingerprint density at radius 2 is 2.09 bits per heavy atom.